The highest BCUT2D eigenvalue weighted by Crippen LogP contribution is 2.49. The van der Waals surface area contributed by atoms with Gasteiger partial charge in [-0.3, -0.25) is 4.79 Å². The number of hydrogen-bond acceptors (Lipinski definition) is 16. The van der Waals surface area contributed by atoms with Crippen LogP contribution in [0.3, 0.4) is 0 Å². The fourth-order valence-corrected chi connectivity index (χ4v) is 12.1. The van der Waals surface area contributed by atoms with Gasteiger partial charge in [0.05, 0.1) is 106 Å². The Balaban J connectivity index is 0.887. The predicted molar refractivity (Wildman–Crippen MR) is 248 cm³/mol. The molecule has 4 N–H and O–H groups in total. The molecule has 18 atom stereocenters. The van der Waals surface area contributed by atoms with Crippen LogP contribution in [0.5, 0.6) is 0 Å². The second-order valence-corrected chi connectivity index (χ2v) is 21.9. The van der Waals surface area contributed by atoms with E-state index in [2.05, 4.69) is 30.7 Å². The molecule has 0 aromatic heterocycles. The molecule has 10 bridgehead atoms. The Bertz CT molecular complexity index is 1710. The summed E-state index contributed by atoms with van der Waals surface area (Å²) >= 11 is 0. The van der Waals surface area contributed by atoms with Crippen LogP contribution in [0.25, 0.3) is 0 Å². The van der Waals surface area contributed by atoms with Crippen LogP contribution in [0.1, 0.15) is 118 Å². The van der Waals surface area contributed by atoms with Gasteiger partial charge in [-0.2, -0.15) is 0 Å². The van der Waals surface area contributed by atoms with Crippen LogP contribution in [0.4, 0.5) is 4.79 Å². The number of amides is 1. The number of methoxy groups -OCH3 is 1. The van der Waals surface area contributed by atoms with Crippen LogP contribution in [-0.4, -0.2) is 178 Å². The van der Waals surface area contributed by atoms with Gasteiger partial charge in [-0.25, -0.2) is 4.79 Å². The quantitative estimate of drug-likeness (QED) is 0.139. The van der Waals surface area contributed by atoms with E-state index in [1.54, 1.807) is 7.11 Å². The SMILES string of the molecule is C=C1C[C@@H]2CC[C@]34C[C@@H](O)[C@H](O3)[C@H]3C[C@@H](O4)[C@H]4O[C@H](CC[C@@H]4O3)CC(=O)C[C@@H]3[C@@H](OC)[C@@H](C[C@H](O)CNCCOCCOCCNC(=O)OC(C)(C)C)O[C@H]3C[C@H]3O[C@@H](CC[C@@H]1O2)C[C@@H](C)C3=C. The molecular formula is C51H82N2O15. The third kappa shape index (κ3) is 13.3. The summed E-state index contributed by atoms with van der Waals surface area (Å²) in [6.07, 6.45) is 2.67. The molecule has 1 spiro atoms. The van der Waals surface area contributed by atoms with Crippen LogP contribution in [0.2, 0.25) is 0 Å². The fourth-order valence-electron chi connectivity index (χ4n) is 12.1. The first-order valence-electron chi connectivity index (χ1n) is 25.8. The number of nitrogens with one attached hydrogen (secondary N) is 2. The number of aliphatic hydroxyl groups excluding tert-OH is 2. The zero-order valence-corrected chi connectivity index (χ0v) is 41.3. The molecule has 68 heavy (non-hydrogen) atoms. The van der Waals surface area contributed by atoms with Gasteiger partial charge in [-0.15, -0.1) is 0 Å². The van der Waals surface area contributed by atoms with Crippen LogP contribution in [0, 0.1) is 11.8 Å². The molecule has 1 amide bonds. The fraction of sp³-hybridized carbons (Fsp3) is 0.882. The van der Waals surface area contributed by atoms with E-state index < -0.39 is 48.0 Å². The van der Waals surface area contributed by atoms with Crippen molar-refractivity contribution in [3.8, 4) is 0 Å². The van der Waals surface area contributed by atoms with Gasteiger partial charge < -0.3 is 73.0 Å². The average Bonchev–Trinajstić information content (AvgIpc) is 3.89. The summed E-state index contributed by atoms with van der Waals surface area (Å²) in [5.41, 5.74) is 1.57. The van der Waals surface area contributed by atoms with Crippen molar-refractivity contribution in [2.45, 2.75) is 221 Å². The molecule has 8 aliphatic heterocycles. The number of ether oxygens (including phenoxy) is 11. The van der Waals surface area contributed by atoms with Gasteiger partial charge in [0, 0.05) is 77.6 Å². The van der Waals surface area contributed by atoms with E-state index >= 15 is 0 Å². The van der Waals surface area contributed by atoms with Gasteiger partial charge in [0.1, 0.15) is 23.6 Å². The lowest BCUT2D eigenvalue weighted by molar-refractivity contribution is -0.277. The number of rotatable bonds is 14. The molecule has 8 saturated heterocycles. The highest BCUT2D eigenvalue weighted by molar-refractivity contribution is 5.79. The molecule has 0 saturated carbocycles. The number of carbonyl (C=O) groups is 2. The number of hydrogen-bond donors (Lipinski definition) is 4. The highest BCUT2D eigenvalue weighted by atomic mass is 16.7. The maximum absolute atomic E-state index is 14.3. The van der Waals surface area contributed by atoms with E-state index in [0.29, 0.717) is 91.0 Å². The molecule has 0 unspecified atom stereocenters. The summed E-state index contributed by atoms with van der Waals surface area (Å²) in [7, 11) is 1.66. The Hall–Kier alpha value is -2.10. The summed E-state index contributed by atoms with van der Waals surface area (Å²) in [6, 6.07) is 0. The van der Waals surface area contributed by atoms with Gasteiger partial charge in [0.15, 0.2) is 5.79 Å². The minimum Gasteiger partial charge on any atom is -0.444 e. The minimum absolute atomic E-state index is 0.00721. The molecule has 0 aromatic rings. The number of carbonyl (C=O) groups excluding carboxylic acids is 2. The van der Waals surface area contributed by atoms with Crippen LogP contribution >= 0.6 is 0 Å². The lowest BCUT2D eigenvalue weighted by Crippen LogP contribution is -2.58. The van der Waals surface area contributed by atoms with Gasteiger partial charge in [0.2, 0.25) is 0 Å². The summed E-state index contributed by atoms with van der Waals surface area (Å²) in [6.45, 7) is 19.3. The number of aliphatic hydroxyl groups is 2. The second kappa shape index (κ2) is 23.2. The molecule has 17 heteroatoms. The standard InChI is InChI=1S/C51H82N2O15/c1-29-20-34-8-10-39-30(2)21-36(61-39)12-13-51-27-38(56)47(67-51)44-26-45(66-51)48-40(64-44)11-9-35(63-48)22-32(54)23-37-42(25-41(62-34)31(29)3)65-43(46(37)58-7)24-33(55)28-52-14-16-59-18-19-60-17-15-53-49(57)68-50(4,5)6/h29,33-48,52,55-56H,2-3,8-28H2,1,4-7H3,(H,53,57)/t29-,33+,34+,35-,36+,37+,38-,39+,40+,41-,42+,43-,44-,45-,46-,47+,48+,51-/m1/s1. The third-order valence-electron chi connectivity index (χ3n) is 15.4. The number of ketones is 1. The highest BCUT2D eigenvalue weighted by Gasteiger charge is 2.59. The van der Waals surface area contributed by atoms with E-state index in [0.717, 1.165) is 43.3 Å². The van der Waals surface area contributed by atoms with Crippen molar-refractivity contribution < 1.29 is 71.9 Å². The Morgan fingerprint density at radius 2 is 1.56 bits per heavy atom. The lowest BCUT2D eigenvalue weighted by Gasteiger charge is -2.47. The van der Waals surface area contributed by atoms with Crippen molar-refractivity contribution in [1.82, 2.24) is 10.6 Å². The van der Waals surface area contributed by atoms with Crippen molar-refractivity contribution in [3.63, 3.8) is 0 Å². The third-order valence-corrected chi connectivity index (χ3v) is 15.4. The maximum Gasteiger partial charge on any atom is 0.407 e. The molecule has 386 valence electrons. The van der Waals surface area contributed by atoms with Crippen molar-refractivity contribution in [1.29, 1.82) is 0 Å². The van der Waals surface area contributed by atoms with Gasteiger partial charge in [-0.05, 0) is 82.8 Å². The average molecular weight is 963 g/mol. The van der Waals surface area contributed by atoms with E-state index in [-0.39, 0.29) is 91.5 Å². The van der Waals surface area contributed by atoms with E-state index in [1.807, 2.05) is 20.8 Å². The molecular weight excluding hydrogens is 881 g/mol. The molecule has 0 aliphatic carbocycles. The van der Waals surface area contributed by atoms with Gasteiger partial charge in [-0.1, -0.05) is 20.1 Å². The van der Waals surface area contributed by atoms with Crippen molar-refractivity contribution >= 4 is 11.9 Å². The molecule has 8 aliphatic rings. The van der Waals surface area contributed by atoms with Crippen LogP contribution < -0.4 is 10.6 Å². The second-order valence-electron chi connectivity index (χ2n) is 21.9. The van der Waals surface area contributed by atoms with Crippen molar-refractivity contribution in [2.75, 3.05) is 53.2 Å². The Morgan fingerprint density at radius 3 is 2.34 bits per heavy atom. The Labute approximate surface area is 403 Å². The molecule has 8 rings (SSSR count). The van der Waals surface area contributed by atoms with Gasteiger partial charge >= 0.3 is 6.09 Å². The first-order chi connectivity index (χ1) is 32.5. The molecule has 8 fully saturated rings. The lowest BCUT2D eigenvalue weighted by atomic mass is 9.81. The largest absolute Gasteiger partial charge is 0.444 e. The molecule has 0 aromatic carbocycles. The smallest absolute Gasteiger partial charge is 0.407 e. The topological polar surface area (TPSA) is 200 Å². The van der Waals surface area contributed by atoms with Crippen molar-refractivity contribution in [2.24, 2.45) is 11.8 Å². The minimum atomic E-state index is -0.972. The number of fused-ring (bicyclic) bond motifs is 9. The zero-order chi connectivity index (χ0) is 48.2. The van der Waals surface area contributed by atoms with Gasteiger partial charge in [0.25, 0.3) is 0 Å². The number of alkyl carbamates (subject to hydrolysis) is 1. The van der Waals surface area contributed by atoms with Crippen LogP contribution in [0.15, 0.2) is 24.3 Å². The predicted octanol–water partition coefficient (Wildman–Crippen LogP) is 4.61. The molecule has 8 heterocycles. The zero-order valence-electron chi connectivity index (χ0n) is 41.3. The van der Waals surface area contributed by atoms with E-state index in [4.69, 9.17) is 52.1 Å². The van der Waals surface area contributed by atoms with Crippen LogP contribution in [-0.2, 0) is 56.9 Å². The summed E-state index contributed by atoms with van der Waals surface area (Å²) < 4.78 is 70.0. The number of Topliss-reactive ketones (excluding diaryl/α,β-unsaturated/α-hetero) is 1. The summed E-state index contributed by atoms with van der Waals surface area (Å²) in [5, 5.41) is 28.5. The monoisotopic (exact) mass is 963 g/mol. The normalized spacial score (nSPS) is 41.4. The van der Waals surface area contributed by atoms with E-state index in [1.165, 1.54) is 0 Å². The summed E-state index contributed by atoms with van der Waals surface area (Å²) in [5.74, 6) is -0.943. The Morgan fingerprint density at radius 1 is 0.809 bits per heavy atom. The molecule has 0 radical (unpaired) electrons. The maximum atomic E-state index is 14.3. The summed E-state index contributed by atoms with van der Waals surface area (Å²) in [4.78, 5) is 26.1. The molecule has 17 nitrogen and oxygen atoms in total. The van der Waals surface area contributed by atoms with Crippen molar-refractivity contribution in [3.05, 3.63) is 24.3 Å². The Kier molecular flexibility index (Phi) is 17.8. The first-order valence-corrected chi connectivity index (χ1v) is 25.8. The first kappa shape index (κ1) is 52.2. The van der Waals surface area contributed by atoms with E-state index in [9.17, 15) is 19.8 Å².